The molecule has 6 nitrogen and oxygen atoms in total. The fourth-order valence-electron chi connectivity index (χ4n) is 3.08. The van der Waals surface area contributed by atoms with Crippen LogP contribution in [0.3, 0.4) is 0 Å². The van der Waals surface area contributed by atoms with E-state index in [2.05, 4.69) is 24.1 Å². The third-order valence-corrected chi connectivity index (χ3v) is 4.81. The molecular formula is C15H29N3O3. The summed E-state index contributed by atoms with van der Waals surface area (Å²) in [4.78, 5) is 14.8. The summed E-state index contributed by atoms with van der Waals surface area (Å²) in [6.45, 7) is 9.92. The number of carbonyl (C=O) groups is 1. The van der Waals surface area contributed by atoms with Crippen molar-refractivity contribution < 1.29 is 14.3 Å². The zero-order chi connectivity index (χ0) is 15.3. The highest BCUT2D eigenvalue weighted by molar-refractivity contribution is 5.83. The summed E-state index contributed by atoms with van der Waals surface area (Å²) in [6, 6.07) is 0. The van der Waals surface area contributed by atoms with Gasteiger partial charge in [0.2, 0.25) is 5.91 Å². The van der Waals surface area contributed by atoms with Crippen LogP contribution < -0.4 is 11.1 Å². The van der Waals surface area contributed by atoms with E-state index in [0.29, 0.717) is 26.3 Å². The number of rotatable bonds is 5. The number of nitrogens with one attached hydrogen (secondary N) is 1. The van der Waals surface area contributed by atoms with Gasteiger partial charge in [-0.3, -0.25) is 9.69 Å². The van der Waals surface area contributed by atoms with E-state index in [9.17, 15) is 4.79 Å². The minimum Gasteiger partial charge on any atom is -0.381 e. The third-order valence-electron chi connectivity index (χ3n) is 4.81. The van der Waals surface area contributed by atoms with Gasteiger partial charge >= 0.3 is 0 Å². The smallest absolute Gasteiger partial charge is 0.227 e. The van der Waals surface area contributed by atoms with Crippen molar-refractivity contribution in [1.29, 1.82) is 0 Å². The van der Waals surface area contributed by atoms with Gasteiger partial charge in [-0.25, -0.2) is 0 Å². The van der Waals surface area contributed by atoms with Crippen LogP contribution in [-0.4, -0.2) is 69.0 Å². The van der Waals surface area contributed by atoms with E-state index in [-0.39, 0.29) is 11.4 Å². The van der Waals surface area contributed by atoms with Crippen LogP contribution in [0.1, 0.15) is 26.7 Å². The lowest BCUT2D eigenvalue weighted by molar-refractivity contribution is -0.136. The largest absolute Gasteiger partial charge is 0.381 e. The molecule has 21 heavy (non-hydrogen) atoms. The van der Waals surface area contributed by atoms with Gasteiger partial charge in [0.25, 0.3) is 0 Å². The van der Waals surface area contributed by atoms with Gasteiger partial charge in [0.1, 0.15) is 0 Å². The normalized spacial score (nSPS) is 25.5. The second-order valence-electron chi connectivity index (χ2n) is 6.70. The number of hydrogen-bond acceptors (Lipinski definition) is 5. The van der Waals surface area contributed by atoms with Crippen molar-refractivity contribution in [3.05, 3.63) is 0 Å². The van der Waals surface area contributed by atoms with Gasteiger partial charge in [-0.05, 0) is 26.7 Å². The van der Waals surface area contributed by atoms with Crippen LogP contribution in [0.2, 0.25) is 0 Å². The van der Waals surface area contributed by atoms with E-state index in [0.717, 1.165) is 39.1 Å². The molecule has 1 amide bonds. The van der Waals surface area contributed by atoms with Crippen LogP contribution in [0.4, 0.5) is 0 Å². The van der Waals surface area contributed by atoms with Crippen molar-refractivity contribution in [1.82, 2.24) is 10.2 Å². The molecule has 0 unspecified atom stereocenters. The van der Waals surface area contributed by atoms with E-state index in [1.165, 1.54) is 0 Å². The van der Waals surface area contributed by atoms with Gasteiger partial charge in [0, 0.05) is 44.9 Å². The predicted molar refractivity (Wildman–Crippen MR) is 81.0 cm³/mol. The van der Waals surface area contributed by atoms with E-state index in [1.54, 1.807) is 0 Å². The summed E-state index contributed by atoms with van der Waals surface area (Å²) in [7, 11) is 0. The zero-order valence-corrected chi connectivity index (χ0v) is 13.3. The molecule has 2 saturated heterocycles. The van der Waals surface area contributed by atoms with Gasteiger partial charge in [-0.15, -0.1) is 0 Å². The Morgan fingerprint density at radius 1 is 1.24 bits per heavy atom. The first kappa shape index (κ1) is 16.7. The summed E-state index contributed by atoms with van der Waals surface area (Å²) in [5.41, 5.74) is 5.46. The molecule has 0 aromatic heterocycles. The molecule has 2 aliphatic rings. The number of morpholine rings is 1. The maximum Gasteiger partial charge on any atom is 0.227 e. The molecule has 2 heterocycles. The second kappa shape index (κ2) is 7.05. The molecule has 0 atom stereocenters. The molecule has 0 aliphatic carbocycles. The second-order valence-corrected chi connectivity index (χ2v) is 6.70. The van der Waals surface area contributed by atoms with Gasteiger partial charge in [0.15, 0.2) is 0 Å². The molecule has 0 radical (unpaired) electrons. The molecule has 0 aromatic carbocycles. The lowest BCUT2D eigenvalue weighted by Crippen LogP contribution is -2.56. The van der Waals surface area contributed by atoms with Crippen molar-refractivity contribution in [2.45, 2.75) is 32.2 Å². The van der Waals surface area contributed by atoms with Crippen LogP contribution in [0, 0.1) is 5.41 Å². The van der Waals surface area contributed by atoms with E-state index in [4.69, 9.17) is 15.2 Å². The van der Waals surface area contributed by atoms with Crippen molar-refractivity contribution in [3.8, 4) is 0 Å². The lowest BCUT2D eigenvalue weighted by atomic mass is 9.79. The van der Waals surface area contributed by atoms with Crippen molar-refractivity contribution >= 4 is 5.91 Å². The van der Waals surface area contributed by atoms with Gasteiger partial charge in [0.05, 0.1) is 18.6 Å². The van der Waals surface area contributed by atoms with Crippen LogP contribution in [0.5, 0.6) is 0 Å². The van der Waals surface area contributed by atoms with Crippen LogP contribution >= 0.6 is 0 Å². The molecule has 2 rings (SSSR count). The molecule has 0 spiro atoms. The predicted octanol–water partition coefficient (Wildman–Crippen LogP) is -0.0311. The Morgan fingerprint density at radius 3 is 2.57 bits per heavy atom. The summed E-state index contributed by atoms with van der Waals surface area (Å²) >= 11 is 0. The number of nitrogens with two attached hydrogens (primary N) is 1. The molecule has 0 bridgehead atoms. The van der Waals surface area contributed by atoms with E-state index < -0.39 is 5.41 Å². The molecule has 0 saturated carbocycles. The number of nitrogens with zero attached hydrogens (tertiary/aromatic N) is 1. The summed E-state index contributed by atoms with van der Waals surface area (Å²) in [5.74, 6) is 0.0827. The van der Waals surface area contributed by atoms with Crippen molar-refractivity contribution in [2.24, 2.45) is 11.1 Å². The monoisotopic (exact) mass is 299 g/mol. The van der Waals surface area contributed by atoms with E-state index >= 15 is 0 Å². The lowest BCUT2D eigenvalue weighted by Gasteiger charge is -2.42. The SMILES string of the molecule is CC1(C)COCCN1CCNC(=O)C1(CN)CCOCC1. The molecule has 2 aliphatic heterocycles. The van der Waals surface area contributed by atoms with Gasteiger partial charge in [-0.2, -0.15) is 0 Å². The maximum absolute atomic E-state index is 12.5. The summed E-state index contributed by atoms with van der Waals surface area (Å²) < 4.78 is 10.9. The highest BCUT2D eigenvalue weighted by Gasteiger charge is 2.38. The first-order chi connectivity index (χ1) is 10.0. The zero-order valence-electron chi connectivity index (χ0n) is 13.3. The van der Waals surface area contributed by atoms with Crippen molar-refractivity contribution in [3.63, 3.8) is 0 Å². The standard InChI is InChI=1S/C15H29N3O3/c1-14(2)12-21-10-7-18(14)6-5-17-13(19)15(11-16)3-8-20-9-4-15/h3-12,16H2,1-2H3,(H,17,19). The topological polar surface area (TPSA) is 76.8 Å². The van der Waals surface area contributed by atoms with E-state index in [1.807, 2.05) is 0 Å². The molecule has 3 N–H and O–H groups in total. The fraction of sp³-hybridized carbons (Fsp3) is 0.933. The highest BCUT2D eigenvalue weighted by Crippen LogP contribution is 2.29. The first-order valence-corrected chi connectivity index (χ1v) is 7.89. The molecule has 2 fully saturated rings. The third kappa shape index (κ3) is 3.94. The number of amides is 1. The van der Waals surface area contributed by atoms with Crippen LogP contribution in [0.15, 0.2) is 0 Å². The minimum atomic E-state index is -0.432. The Balaban J connectivity index is 1.80. The minimum absolute atomic E-state index is 0.0349. The van der Waals surface area contributed by atoms with Gasteiger partial charge < -0.3 is 20.5 Å². The Labute approximate surface area is 127 Å². The quantitative estimate of drug-likeness (QED) is 0.745. The maximum atomic E-state index is 12.5. The van der Waals surface area contributed by atoms with Gasteiger partial charge in [-0.1, -0.05) is 0 Å². The Hall–Kier alpha value is -0.690. The number of hydrogen-bond donors (Lipinski definition) is 2. The Bertz CT molecular complexity index is 354. The molecule has 6 heteroatoms. The fourth-order valence-corrected chi connectivity index (χ4v) is 3.08. The highest BCUT2D eigenvalue weighted by atomic mass is 16.5. The summed E-state index contributed by atoms with van der Waals surface area (Å²) in [5, 5.41) is 3.07. The van der Waals surface area contributed by atoms with Crippen LogP contribution in [-0.2, 0) is 14.3 Å². The van der Waals surface area contributed by atoms with Crippen LogP contribution in [0.25, 0.3) is 0 Å². The van der Waals surface area contributed by atoms with Crippen molar-refractivity contribution in [2.75, 3.05) is 52.6 Å². The average Bonchev–Trinajstić information content (AvgIpc) is 2.49. The molecule has 122 valence electrons. The molecular weight excluding hydrogens is 270 g/mol. The Kier molecular flexibility index (Phi) is 5.60. The first-order valence-electron chi connectivity index (χ1n) is 7.89. The molecule has 0 aromatic rings. The Morgan fingerprint density at radius 2 is 1.95 bits per heavy atom. The number of carbonyl (C=O) groups excluding carboxylic acids is 1. The average molecular weight is 299 g/mol. The summed E-state index contributed by atoms with van der Waals surface area (Å²) in [6.07, 6.45) is 1.44. The number of ether oxygens (including phenoxy) is 2.